The third-order valence-electron chi connectivity index (χ3n) is 7.29. The summed E-state index contributed by atoms with van der Waals surface area (Å²) in [6, 6.07) is 10.0. The van der Waals surface area contributed by atoms with Gasteiger partial charge in [-0.3, -0.25) is 0 Å². The number of aromatic nitrogens is 6. The van der Waals surface area contributed by atoms with Gasteiger partial charge >= 0.3 is 0 Å². The number of fused-ring (bicyclic) bond motifs is 1. The van der Waals surface area contributed by atoms with E-state index in [2.05, 4.69) is 42.7 Å². The van der Waals surface area contributed by atoms with Crippen LogP contribution in [0.25, 0.3) is 28.0 Å². The summed E-state index contributed by atoms with van der Waals surface area (Å²) in [5.41, 5.74) is 3.72. The van der Waals surface area contributed by atoms with Crippen molar-refractivity contribution in [1.29, 1.82) is 0 Å². The largest absolute Gasteiger partial charge is 0.507 e. The van der Waals surface area contributed by atoms with E-state index in [1.54, 1.807) is 23.1 Å². The molecule has 1 aliphatic heterocycles. The van der Waals surface area contributed by atoms with Crippen molar-refractivity contribution in [1.82, 2.24) is 35.1 Å². The standard InChI is InChI=1S/C23H23N7O/c31-20-12-16(30-10-8-24-28-30)1-2-18(20)19-11-15-3-9-29(21(15)26-25-19)17-13-22(4-5-22)27-23(14-17)6-7-23/h1-3,8-12,17,27,31H,4-7,13-14H2. The average molecular weight is 413 g/mol. The Kier molecular flexibility index (Phi) is 3.32. The minimum Gasteiger partial charge on any atom is -0.507 e. The molecule has 2 aliphatic carbocycles. The molecule has 4 heterocycles. The molecule has 31 heavy (non-hydrogen) atoms. The number of hydrogen-bond acceptors (Lipinski definition) is 6. The van der Waals surface area contributed by atoms with Crippen LogP contribution in [0, 0.1) is 0 Å². The molecule has 4 aromatic rings. The van der Waals surface area contributed by atoms with Gasteiger partial charge in [-0.05, 0) is 62.8 Å². The first-order valence-electron chi connectivity index (χ1n) is 11.0. The Balaban J connectivity index is 1.23. The van der Waals surface area contributed by atoms with Crippen LogP contribution in [0.2, 0.25) is 0 Å². The van der Waals surface area contributed by atoms with E-state index in [4.69, 9.17) is 0 Å². The lowest BCUT2D eigenvalue weighted by atomic mass is 9.90. The summed E-state index contributed by atoms with van der Waals surface area (Å²) in [6.45, 7) is 0. The topological polar surface area (TPSA) is 93.7 Å². The van der Waals surface area contributed by atoms with E-state index >= 15 is 0 Å². The molecule has 2 saturated carbocycles. The highest BCUT2D eigenvalue weighted by molar-refractivity contribution is 5.81. The monoisotopic (exact) mass is 413 g/mol. The molecule has 0 amide bonds. The number of aromatic hydroxyl groups is 1. The number of piperidine rings is 1. The summed E-state index contributed by atoms with van der Waals surface area (Å²) in [5, 5.41) is 32.5. The predicted molar refractivity (Wildman–Crippen MR) is 115 cm³/mol. The molecule has 0 bridgehead atoms. The maximum Gasteiger partial charge on any atom is 0.162 e. The molecule has 1 aromatic carbocycles. The van der Waals surface area contributed by atoms with Gasteiger partial charge in [-0.15, -0.1) is 15.3 Å². The van der Waals surface area contributed by atoms with Crippen molar-refractivity contribution in [3.8, 4) is 22.7 Å². The lowest BCUT2D eigenvalue weighted by Gasteiger charge is -2.38. The second kappa shape index (κ2) is 5.91. The Morgan fingerprint density at radius 3 is 2.45 bits per heavy atom. The zero-order chi connectivity index (χ0) is 20.6. The maximum absolute atomic E-state index is 10.6. The first kappa shape index (κ1) is 17.4. The van der Waals surface area contributed by atoms with Crippen molar-refractivity contribution in [3.63, 3.8) is 0 Å². The van der Waals surface area contributed by atoms with Gasteiger partial charge in [0.1, 0.15) is 5.75 Å². The Labute approximate surface area is 178 Å². The number of nitrogens with zero attached hydrogens (tertiary/aromatic N) is 6. The van der Waals surface area contributed by atoms with E-state index in [-0.39, 0.29) is 5.75 Å². The van der Waals surface area contributed by atoms with E-state index < -0.39 is 0 Å². The first-order chi connectivity index (χ1) is 15.1. The number of phenolic OH excluding ortho intramolecular Hbond substituents is 1. The summed E-state index contributed by atoms with van der Waals surface area (Å²) >= 11 is 0. The van der Waals surface area contributed by atoms with Crippen molar-refractivity contribution >= 4 is 11.0 Å². The van der Waals surface area contributed by atoms with Crippen molar-refractivity contribution in [2.45, 2.75) is 55.6 Å². The molecule has 1 saturated heterocycles. The van der Waals surface area contributed by atoms with E-state index in [0.29, 0.717) is 28.4 Å². The quantitative estimate of drug-likeness (QED) is 0.535. The zero-order valence-corrected chi connectivity index (χ0v) is 17.1. The van der Waals surface area contributed by atoms with Gasteiger partial charge in [0.25, 0.3) is 0 Å². The van der Waals surface area contributed by atoms with Crippen LogP contribution in [0.4, 0.5) is 0 Å². The molecule has 2 N–H and O–H groups in total. The van der Waals surface area contributed by atoms with Gasteiger partial charge in [0, 0.05) is 40.3 Å². The maximum atomic E-state index is 10.6. The van der Waals surface area contributed by atoms with Crippen LogP contribution in [0.1, 0.15) is 44.6 Å². The summed E-state index contributed by atoms with van der Waals surface area (Å²) in [6.07, 6.45) is 13.0. The van der Waals surface area contributed by atoms with Crippen LogP contribution in [0.15, 0.2) is 48.9 Å². The minimum absolute atomic E-state index is 0.144. The molecule has 7 rings (SSSR count). The molecule has 8 nitrogen and oxygen atoms in total. The zero-order valence-electron chi connectivity index (χ0n) is 17.1. The van der Waals surface area contributed by atoms with Crippen LogP contribution in [-0.2, 0) is 0 Å². The fourth-order valence-corrected chi connectivity index (χ4v) is 5.40. The highest BCUT2D eigenvalue weighted by atomic mass is 16.3. The molecule has 0 unspecified atom stereocenters. The Bertz CT molecular complexity index is 1280. The Morgan fingerprint density at radius 1 is 0.968 bits per heavy atom. The summed E-state index contributed by atoms with van der Waals surface area (Å²) < 4.78 is 3.94. The number of phenols is 1. The molecule has 3 fully saturated rings. The van der Waals surface area contributed by atoms with E-state index in [1.807, 2.05) is 18.2 Å². The van der Waals surface area contributed by atoms with Crippen LogP contribution < -0.4 is 5.32 Å². The molecule has 2 spiro atoms. The Hall–Kier alpha value is -3.26. The summed E-state index contributed by atoms with van der Waals surface area (Å²) in [5.74, 6) is 0.144. The normalized spacial score (nSPS) is 22.9. The number of hydrogen-bond donors (Lipinski definition) is 2. The van der Waals surface area contributed by atoms with Crippen molar-refractivity contribution in [2.75, 3.05) is 0 Å². The molecule has 156 valence electrons. The lowest BCUT2D eigenvalue weighted by molar-refractivity contribution is 0.218. The molecule has 0 atom stereocenters. The van der Waals surface area contributed by atoms with Crippen molar-refractivity contribution in [3.05, 3.63) is 48.9 Å². The SMILES string of the molecule is Oc1cc(-n2ccnn2)ccc1-c1cc2ccn(C3CC4(CC4)NC4(CC4)C3)c2nn1. The second-order valence-electron chi connectivity index (χ2n) is 9.53. The molecule has 3 aliphatic rings. The van der Waals surface area contributed by atoms with Gasteiger partial charge in [0.2, 0.25) is 0 Å². The Morgan fingerprint density at radius 2 is 1.77 bits per heavy atom. The van der Waals surface area contributed by atoms with Gasteiger partial charge in [-0.25, -0.2) is 4.68 Å². The lowest BCUT2D eigenvalue weighted by Crippen LogP contribution is -2.49. The van der Waals surface area contributed by atoms with Gasteiger partial charge in [-0.1, -0.05) is 5.21 Å². The molecular formula is C23H23N7O. The molecular weight excluding hydrogens is 390 g/mol. The minimum atomic E-state index is 0.144. The average Bonchev–Trinajstić information content (AvgIpc) is 3.53. The highest BCUT2D eigenvalue weighted by Gasteiger charge is 2.58. The van der Waals surface area contributed by atoms with Crippen LogP contribution in [-0.4, -0.2) is 45.9 Å². The third kappa shape index (κ3) is 2.78. The van der Waals surface area contributed by atoms with Gasteiger partial charge in [-0.2, -0.15) is 0 Å². The van der Waals surface area contributed by atoms with Crippen LogP contribution in [0.5, 0.6) is 5.75 Å². The fraction of sp³-hybridized carbons (Fsp3) is 0.391. The van der Waals surface area contributed by atoms with Gasteiger partial charge in [0.05, 0.1) is 23.8 Å². The first-order valence-corrected chi connectivity index (χ1v) is 11.0. The van der Waals surface area contributed by atoms with Crippen molar-refractivity contribution in [2.24, 2.45) is 0 Å². The molecule has 0 radical (unpaired) electrons. The van der Waals surface area contributed by atoms with Crippen molar-refractivity contribution < 1.29 is 5.11 Å². The van der Waals surface area contributed by atoms with Crippen LogP contribution in [0.3, 0.4) is 0 Å². The molecule has 8 heteroatoms. The fourth-order valence-electron chi connectivity index (χ4n) is 5.40. The van der Waals surface area contributed by atoms with E-state index in [0.717, 1.165) is 16.7 Å². The number of benzene rings is 1. The number of rotatable bonds is 3. The van der Waals surface area contributed by atoms with E-state index in [9.17, 15) is 5.11 Å². The molecule has 3 aromatic heterocycles. The number of nitrogens with one attached hydrogen (secondary N) is 1. The van der Waals surface area contributed by atoms with Crippen LogP contribution >= 0.6 is 0 Å². The predicted octanol–water partition coefficient (Wildman–Crippen LogP) is 3.37. The summed E-state index contributed by atoms with van der Waals surface area (Å²) in [4.78, 5) is 0. The summed E-state index contributed by atoms with van der Waals surface area (Å²) in [7, 11) is 0. The second-order valence-corrected chi connectivity index (χ2v) is 9.53. The third-order valence-corrected chi connectivity index (χ3v) is 7.29. The van der Waals surface area contributed by atoms with Gasteiger partial charge < -0.3 is 15.0 Å². The smallest absolute Gasteiger partial charge is 0.162 e. The van der Waals surface area contributed by atoms with E-state index in [1.165, 1.54) is 38.5 Å². The highest BCUT2D eigenvalue weighted by Crippen LogP contribution is 2.56. The van der Waals surface area contributed by atoms with Gasteiger partial charge in [0.15, 0.2) is 5.65 Å².